The molecule has 2 aliphatic rings. The monoisotopic (exact) mass is 465 g/mol. The molecule has 2 saturated heterocycles. The highest BCUT2D eigenvalue weighted by molar-refractivity contribution is 6.46. The number of esters is 1. The number of rotatable bonds is 7. The van der Waals surface area contributed by atoms with E-state index in [1.807, 2.05) is 0 Å². The Morgan fingerprint density at radius 2 is 1.74 bits per heavy atom. The lowest BCUT2D eigenvalue weighted by molar-refractivity contribution is -0.140. The number of aliphatic hydroxyl groups excluding tert-OH is 1. The van der Waals surface area contributed by atoms with Gasteiger partial charge in [0.2, 0.25) is 0 Å². The number of aromatic nitrogens is 1. The molecule has 0 bridgehead atoms. The van der Waals surface area contributed by atoms with Gasteiger partial charge in [0.15, 0.2) is 0 Å². The van der Waals surface area contributed by atoms with Crippen LogP contribution in [0.1, 0.15) is 33.9 Å². The average Bonchev–Trinajstić information content (AvgIpc) is 3.14. The van der Waals surface area contributed by atoms with E-state index in [9.17, 15) is 19.5 Å². The SMILES string of the molecule is COC(=O)c1ccc(C2C(=C(O)c3ccncc3)C(=O)C(=O)N2CCCN2CCOCC2)cc1. The average molecular weight is 466 g/mol. The Morgan fingerprint density at radius 1 is 1.06 bits per heavy atom. The normalized spacial score (nSPS) is 20.5. The van der Waals surface area contributed by atoms with Crippen LogP contribution in [0.5, 0.6) is 0 Å². The predicted molar refractivity (Wildman–Crippen MR) is 123 cm³/mol. The van der Waals surface area contributed by atoms with E-state index in [2.05, 4.69) is 9.88 Å². The van der Waals surface area contributed by atoms with Gasteiger partial charge in [-0.15, -0.1) is 0 Å². The molecule has 178 valence electrons. The first-order chi connectivity index (χ1) is 16.5. The number of pyridine rings is 1. The summed E-state index contributed by atoms with van der Waals surface area (Å²) >= 11 is 0. The third kappa shape index (κ3) is 4.85. The molecule has 3 heterocycles. The van der Waals surface area contributed by atoms with Crippen LogP contribution in [-0.4, -0.2) is 84.1 Å². The molecule has 0 spiro atoms. The maximum Gasteiger partial charge on any atom is 0.337 e. The summed E-state index contributed by atoms with van der Waals surface area (Å²) in [7, 11) is 1.30. The number of benzene rings is 1. The van der Waals surface area contributed by atoms with Crippen LogP contribution < -0.4 is 0 Å². The van der Waals surface area contributed by atoms with Gasteiger partial charge in [-0.2, -0.15) is 0 Å². The quantitative estimate of drug-likeness (QED) is 0.286. The number of carbonyl (C=O) groups is 3. The summed E-state index contributed by atoms with van der Waals surface area (Å²) in [5.41, 5.74) is 1.39. The number of ketones is 1. The van der Waals surface area contributed by atoms with E-state index in [0.29, 0.717) is 42.9 Å². The van der Waals surface area contributed by atoms with Crippen molar-refractivity contribution in [2.45, 2.75) is 12.5 Å². The minimum atomic E-state index is -0.774. The zero-order chi connectivity index (χ0) is 24.1. The molecule has 1 aromatic carbocycles. The van der Waals surface area contributed by atoms with Gasteiger partial charge < -0.3 is 19.5 Å². The van der Waals surface area contributed by atoms with Crippen LogP contribution >= 0.6 is 0 Å². The first-order valence-corrected chi connectivity index (χ1v) is 11.2. The number of methoxy groups -OCH3 is 1. The zero-order valence-corrected chi connectivity index (χ0v) is 19.0. The second-order valence-corrected chi connectivity index (χ2v) is 8.15. The van der Waals surface area contributed by atoms with E-state index in [0.717, 1.165) is 19.6 Å². The first-order valence-electron chi connectivity index (χ1n) is 11.2. The summed E-state index contributed by atoms with van der Waals surface area (Å²) in [5, 5.41) is 11.0. The summed E-state index contributed by atoms with van der Waals surface area (Å²) in [6.45, 7) is 4.15. The Kier molecular flexibility index (Phi) is 7.34. The standard InChI is InChI=1S/C25H27N3O6/c1-33-25(32)19-5-3-17(4-6-19)21-20(22(29)18-7-9-26-10-8-18)23(30)24(31)28(21)12-2-11-27-13-15-34-16-14-27/h3-10,21,29H,2,11-16H2,1H3. The van der Waals surface area contributed by atoms with Gasteiger partial charge in [-0.25, -0.2) is 4.79 Å². The molecule has 4 rings (SSSR count). The number of amides is 1. The van der Waals surface area contributed by atoms with Gasteiger partial charge in [0.25, 0.3) is 11.7 Å². The van der Waals surface area contributed by atoms with Crippen molar-refractivity contribution in [1.82, 2.24) is 14.8 Å². The highest BCUT2D eigenvalue weighted by Crippen LogP contribution is 2.39. The van der Waals surface area contributed by atoms with Gasteiger partial charge >= 0.3 is 5.97 Å². The molecule has 9 nitrogen and oxygen atoms in total. The third-order valence-electron chi connectivity index (χ3n) is 6.12. The second-order valence-electron chi connectivity index (χ2n) is 8.15. The Balaban J connectivity index is 1.67. The van der Waals surface area contributed by atoms with E-state index in [4.69, 9.17) is 9.47 Å². The van der Waals surface area contributed by atoms with Crippen molar-refractivity contribution in [3.8, 4) is 0 Å². The molecule has 1 N–H and O–H groups in total. The summed E-state index contributed by atoms with van der Waals surface area (Å²) in [4.78, 5) is 45.7. The summed E-state index contributed by atoms with van der Waals surface area (Å²) in [5.74, 6) is -2.12. The van der Waals surface area contributed by atoms with Crippen molar-refractivity contribution in [2.75, 3.05) is 46.5 Å². The molecule has 9 heteroatoms. The Labute approximate surface area is 197 Å². The number of hydrogen-bond donors (Lipinski definition) is 1. The van der Waals surface area contributed by atoms with Crippen molar-refractivity contribution >= 4 is 23.4 Å². The number of Topliss-reactive ketones (excluding diaryl/α,β-unsaturated/α-hetero) is 1. The van der Waals surface area contributed by atoms with E-state index in [-0.39, 0.29) is 11.3 Å². The first kappa shape index (κ1) is 23.6. The Morgan fingerprint density at radius 3 is 2.38 bits per heavy atom. The fourth-order valence-corrected chi connectivity index (χ4v) is 4.33. The van der Waals surface area contributed by atoms with Gasteiger partial charge in [0.1, 0.15) is 5.76 Å². The molecule has 34 heavy (non-hydrogen) atoms. The van der Waals surface area contributed by atoms with Gasteiger partial charge in [0.05, 0.1) is 37.5 Å². The van der Waals surface area contributed by atoms with Gasteiger partial charge in [-0.05, 0) is 36.2 Å². The van der Waals surface area contributed by atoms with Crippen LogP contribution in [0.3, 0.4) is 0 Å². The third-order valence-corrected chi connectivity index (χ3v) is 6.12. The van der Waals surface area contributed by atoms with E-state index in [1.54, 1.807) is 36.4 Å². The van der Waals surface area contributed by atoms with E-state index >= 15 is 0 Å². The molecule has 2 fully saturated rings. The van der Waals surface area contributed by atoms with Crippen LogP contribution in [0.15, 0.2) is 54.4 Å². The number of nitrogens with zero attached hydrogens (tertiary/aromatic N) is 3. The lowest BCUT2D eigenvalue weighted by Crippen LogP contribution is -2.39. The molecule has 0 radical (unpaired) electrons. The van der Waals surface area contributed by atoms with Crippen molar-refractivity contribution in [2.24, 2.45) is 0 Å². The summed E-state index contributed by atoms with van der Waals surface area (Å²) < 4.78 is 10.1. The van der Waals surface area contributed by atoms with Crippen molar-refractivity contribution < 1.29 is 29.0 Å². The van der Waals surface area contributed by atoms with Gasteiger partial charge in [-0.3, -0.25) is 19.5 Å². The molecule has 0 aliphatic carbocycles. The van der Waals surface area contributed by atoms with E-state index < -0.39 is 23.7 Å². The number of hydrogen-bond acceptors (Lipinski definition) is 8. The lowest BCUT2D eigenvalue weighted by atomic mass is 9.95. The number of carbonyl (C=O) groups excluding carboxylic acids is 3. The molecular weight excluding hydrogens is 438 g/mol. The van der Waals surface area contributed by atoms with Crippen LogP contribution in [0, 0.1) is 0 Å². The molecule has 0 saturated carbocycles. The van der Waals surface area contributed by atoms with Crippen LogP contribution in [0.25, 0.3) is 5.76 Å². The van der Waals surface area contributed by atoms with Crippen LogP contribution in [0.2, 0.25) is 0 Å². The molecule has 1 unspecified atom stereocenters. The fraction of sp³-hybridized carbons (Fsp3) is 0.360. The zero-order valence-electron chi connectivity index (χ0n) is 19.0. The van der Waals surface area contributed by atoms with Gasteiger partial charge in [-0.1, -0.05) is 12.1 Å². The maximum absolute atomic E-state index is 13.1. The topological polar surface area (TPSA) is 109 Å². The molecule has 1 amide bonds. The maximum atomic E-state index is 13.1. The number of aliphatic hydroxyl groups is 1. The van der Waals surface area contributed by atoms with Gasteiger partial charge in [0, 0.05) is 44.1 Å². The Hall–Kier alpha value is -3.56. The minimum Gasteiger partial charge on any atom is -0.507 e. The number of likely N-dealkylation sites (tertiary alicyclic amines) is 1. The smallest absolute Gasteiger partial charge is 0.337 e. The molecule has 2 aromatic rings. The fourth-order valence-electron chi connectivity index (χ4n) is 4.33. The summed E-state index contributed by atoms with van der Waals surface area (Å²) in [6, 6.07) is 8.92. The minimum absolute atomic E-state index is 0.0217. The Bertz CT molecular complexity index is 1080. The molecule has 2 aliphatic heterocycles. The van der Waals surface area contributed by atoms with Crippen LogP contribution in [0.4, 0.5) is 0 Å². The van der Waals surface area contributed by atoms with E-state index in [1.165, 1.54) is 24.4 Å². The highest BCUT2D eigenvalue weighted by Gasteiger charge is 2.45. The summed E-state index contributed by atoms with van der Waals surface area (Å²) in [6.07, 6.45) is 3.68. The second kappa shape index (κ2) is 10.6. The van der Waals surface area contributed by atoms with Crippen molar-refractivity contribution in [3.63, 3.8) is 0 Å². The largest absolute Gasteiger partial charge is 0.507 e. The van der Waals surface area contributed by atoms with Crippen LogP contribution in [-0.2, 0) is 19.1 Å². The van der Waals surface area contributed by atoms with Crippen molar-refractivity contribution in [3.05, 3.63) is 71.1 Å². The molecular formula is C25H27N3O6. The predicted octanol–water partition coefficient (Wildman–Crippen LogP) is 2.01. The van der Waals surface area contributed by atoms with Crippen molar-refractivity contribution in [1.29, 1.82) is 0 Å². The molecule has 1 atom stereocenters. The highest BCUT2D eigenvalue weighted by atomic mass is 16.5. The molecule has 1 aromatic heterocycles. The number of morpholine rings is 1. The lowest BCUT2D eigenvalue weighted by Gasteiger charge is -2.29. The number of ether oxygens (including phenoxy) is 2.